The van der Waals surface area contributed by atoms with Crippen LogP contribution in [-0.2, 0) is 17.8 Å². The molecule has 2 amide bonds. The van der Waals surface area contributed by atoms with E-state index in [1.54, 1.807) is 36.4 Å². The Hall–Kier alpha value is -6.10. The van der Waals surface area contributed by atoms with E-state index >= 15 is 0 Å². The van der Waals surface area contributed by atoms with E-state index in [-0.39, 0.29) is 24.7 Å². The van der Waals surface area contributed by atoms with Crippen molar-refractivity contribution in [1.29, 1.82) is 0 Å². The number of allylic oxidation sites excluding steroid dienone is 1. The molecule has 0 bridgehead atoms. The standard InChI is InChI=1S/C37H35FN4O6/c1-5-8-27-19-26(20-34(45-4)36(27)47-23-35(43)40-32-10-7-6-9-31(32)38)21-39-41-37(44)33-18-17-30(48-33)22-46-29-15-13-28(14-16-29)42-24(2)11-12-25(42)3/h5-7,9-21H,1,8,22-23H2,2-4H3,(H,40,43)(H,41,44)/b39-21+. The Bertz CT molecular complexity index is 1920. The number of aryl methyl sites for hydroxylation is 2. The predicted molar refractivity (Wildman–Crippen MR) is 181 cm³/mol. The highest BCUT2D eigenvalue weighted by Gasteiger charge is 2.16. The number of ether oxygens (including phenoxy) is 3. The third kappa shape index (κ3) is 8.18. The molecule has 0 atom stereocenters. The molecule has 0 unspecified atom stereocenters. The third-order valence-electron chi connectivity index (χ3n) is 7.25. The lowest BCUT2D eigenvalue weighted by atomic mass is 10.1. The summed E-state index contributed by atoms with van der Waals surface area (Å²) in [5.74, 6) is 0.240. The average molecular weight is 651 g/mol. The van der Waals surface area contributed by atoms with E-state index in [0.29, 0.717) is 40.6 Å². The number of para-hydroxylation sites is 1. The molecule has 10 nitrogen and oxygen atoms in total. The van der Waals surface area contributed by atoms with Crippen LogP contribution in [0.1, 0.15) is 38.8 Å². The quantitative estimate of drug-likeness (QED) is 0.0766. The number of carbonyl (C=O) groups is 2. The Morgan fingerprint density at radius 1 is 0.979 bits per heavy atom. The minimum absolute atomic E-state index is 0.0528. The van der Waals surface area contributed by atoms with Crippen molar-refractivity contribution in [2.24, 2.45) is 5.10 Å². The van der Waals surface area contributed by atoms with Crippen molar-refractivity contribution in [2.45, 2.75) is 26.9 Å². The molecule has 0 aliphatic carbocycles. The molecule has 246 valence electrons. The number of hydrazone groups is 1. The van der Waals surface area contributed by atoms with Gasteiger partial charge in [0.05, 0.1) is 19.0 Å². The van der Waals surface area contributed by atoms with Gasteiger partial charge >= 0.3 is 5.91 Å². The number of hydrogen-bond acceptors (Lipinski definition) is 7. The molecule has 0 aliphatic heterocycles. The van der Waals surface area contributed by atoms with Crippen LogP contribution in [0.15, 0.2) is 107 Å². The molecule has 11 heteroatoms. The number of methoxy groups -OCH3 is 1. The van der Waals surface area contributed by atoms with Gasteiger partial charge in [-0.05, 0) is 98.6 Å². The monoisotopic (exact) mass is 650 g/mol. The summed E-state index contributed by atoms with van der Waals surface area (Å²) in [6, 6.07) is 24.4. The largest absolute Gasteiger partial charge is 0.493 e. The van der Waals surface area contributed by atoms with Crippen molar-refractivity contribution in [1.82, 2.24) is 9.99 Å². The Morgan fingerprint density at radius 2 is 1.73 bits per heavy atom. The molecule has 48 heavy (non-hydrogen) atoms. The smallest absolute Gasteiger partial charge is 0.307 e. The highest BCUT2D eigenvalue weighted by molar-refractivity contribution is 5.93. The van der Waals surface area contributed by atoms with Crippen molar-refractivity contribution in [3.8, 4) is 22.9 Å². The first-order chi connectivity index (χ1) is 23.2. The lowest BCUT2D eigenvalue weighted by molar-refractivity contribution is -0.118. The van der Waals surface area contributed by atoms with Crippen LogP contribution in [0.2, 0.25) is 0 Å². The maximum Gasteiger partial charge on any atom is 0.307 e. The van der Waals surface area contributed by atoms with Gasteiger partial charge in [0, 0.05) is 22.6 Å². The molecule has 5 rings (SSSR count). The molecule has 0 radical (unpaired) electrons. The maximum absolute atomic E-state index is 13.9. The van der Waals surface area contributed by atoms with Crippen LogP contribution >= 0.6 is 0 Å². The molecule has 3 aromatic carbocycles. The van der Waals surface area contributed by atoms with Gasteiger partial charge in [0.15, 0.2) is 23.9 Å². The van der Waals surface area contributed by atoms with E-state index in [4.69, 9.17) is 18.6 Å². The summed E-state index contributed by atoms with van der Waals surface area (Å²) < 4.78 is 38.9. The van der Waals surface area contributed by atoms with Crippen LogP contribution in [0, 0.1) is 19.7 Å². The first-order valence-corrected chi connectivity index (χ1v) is 15.0. The normalized spacial score (nSPS) is 10.9. The highest BCUT2D eigenvalue weighted by atomic mass is 19.1. The van der Waals surface area contributed by atoms with Gasteiger partial charge in [0.25, 0.3) is 5.91 Å². The Labute approximate surface area is 277 Å². The van der Waals surface area contributed by atoms with Gasteiger partial charge in [0.2, 0.25) is 0 Å². The van der Waals surface area contributed by atoms with Gasteiger partial charge in [0.1, 0.15) is 23.9 Å². The zero-order chi connectivity index (χ0) is 34.0. The molecule has 0 saturated heterocycles. The van der Waals surface area contributed by atoms with Gasteiger partial charge < -0.3 is 28.5 Å². The van der Waals surface area contributed by atoms with Crippen molar-refractivity contribution >= 4 is 23.7 Å². The number of hydrogen-bond donors (Lipinski definition) is 2. The fourth-order valence-corrected chi connectivity index (χ4v) is 4.99. The molecule has 0 spiro atoms. The molecular weight excluding hydrogens is 615 g/mol. The minimum atomic E-state index is -0.552. The summed E-state index contributed by atoms with van der Waals surface area (Å²) in [6.07, 6.45) is 3.50. The number of amides is 2. The van der Waals surface area contributed by atoms with Crippen molar-refractivity contribution in [2.75, 3.05) is 19.0 Å². The lowest BCUT2D eigenvalue weighted by Gasteiger charge is -2.15. The second-order valence-corrected chi connectivity index (χ2v) is 10.7. The zero-order valence-electron chi connectivity index (χ0n) is 26.8. The molecule has 0 saturated carbocycles. The maximum atomic E-state index is 13.9. The zero-order valence-corrected chi connectivity index (χ0v) is 26.8. The van der Waals surface area contributed by atoms with Crippen LogP contribution < -0.4 is 25.0 Å². The molecule has 2 N–H and O–H groups in total. The first kappa shape index (κ1) is 33.3. The van der Waals surface area contributed by atoms with Crippen molar-refractivity contribution in [3.05, 3.63) is 137 Å². The number of anilines is 1. The fraction of sp³-hybridized carbons (Fsp3) is 0.162. The summed E-state index contributed by atoms with van der Waals surface area (Å²) in [6.45, 7) is 7.66. The Kier molecular flexibility index (Phi) is 10.7. The summed E-state index contributed by atoms with van der Waals surface area (Å²) in [5, 5.41) is 6.54. The van der Waals surface area contributed by atoms with Gasteiger partial charge in [-0.2, -0.15) is 5.10 Å². The summed E-state index contributed by atoms with van der Waals surface area (Å²) in [7, 11) is 1.46. The Balaban J connectivity index is 1.16. The second-order valence-electron chi connectivity index (χ2n) is 10.7. The highest BCUT2D eigenvalue weighted by Crippen LogP contribution is 2.33. The molecule has 0 fully saturated rings. The van der Waals surface area contributed by atoms with Gasteiger partial charge in [-0.3, -0.25) is 9.59 Å². The SMILES string of the molecule is C=CCc1cc(/C=N/NC(=O)c2ccc(COc3ccc(-n4c(C)ccc4C)cc3)o2)cc(OC)c1OCC(=O)Nc1ccccc1F. The van der Waals surface area contributed by atoms with Crippen molar-refractivity contribution < 1.29 is 32.6 Å². The van der Waals surface area contributed by atoms with Gasteiger partial charge in [-0.15, -0.1) is 6.58 Å². The topological polar surface area (TPSA) is 116 Å². The van der Waals surface area contributed by atoms with E-state index in [2.05, 4.69) is 53.0 Å². The summed E-state index contributed by atoms with van der Waals surface area (Å²) >= 11 is 0. The molecule has 2 aromatic heterocycles. The fourth-order valence-electron chi connectivity index (χ4n) is 4.99. The van der Waals surface area contributed by atoms with Crippen LogP contribution in [0.25, 0.3) is 5.69 Å². The van der Waals surface area contributed by atoms with E-state index in [9.17, 15) is 14.0 Å². The number of nitrogens with one attached hydrogen (secondary N) is 2. The van der Waals surface area contributed by atoms with E-state index in [1.165, 1.54) is 31.5 Å². The molecule has 5 aromatic rings. The number of aromatic nitrogens is 1. The number of furan rings is 1. The van der Waals surface area contributed by atoms with Gasteiger partial charge in [-0.25, -0.2) is 9.82 Å². The number of rotatable bonds is 14. The van der Waals surface area contributed by atoms with E-state index in [0.717, 1.165) is 17.1 Å². The van der Waals surface area contributed by atoms with Crippen LogP contribution in [0.3, 0.4) is 0 Å². The summed E-state index contributed by atoms with van der Waals surface area (Å²) in [5.41, 5.74) is 7.10. The van der Waals surface area contributed by atoms with Crippen LogP contribution in [-0.4, -0.2) is 36.3 Å². The lowest BCUT2D eigenvalue weighted by Crippen LogP contribution is -2.21. The number of nitrogens with zero attached hydrogens (tertiary/aromatic N) is 2. The second kappa shape index (κ2) is 15.5. The number of halogens is 1. The molecule has 0 aliphatic rings. The molecular formula is C37H35FN4O6. The Morgan fingerprint density at radius 3 is 2.44 bits per heavy atom. The predicted octanol–water partition coefficient (Wildman–Crippen LogP) is 6.92. The average Bonchev–Trinajstić information content (AvgIpc) is 3.70. The number of benzene rings is 3. The van der Waals surface area contributed by atoms with Crippen LogP contribution in [0.4, 0.5) is 10.1 Å². The van der Waals surface area contributed by atoms with E-state index in [1.807, 2.05) is 24.3 Å². The minimum Gasteiger partial charge on any atom is -0.493 e. The third-order valence-corrected chi connectivity index (χ3v) is 7.25. The first-order valence-electron chi connectivity index (χ1n) is 15.0. The van der Waals surface area contributed by atoms with Crippen molar-refractivity contribution in [3.63, 3.8) is 0 Å². The molecule has 2 heterocycles. The van der Waals surface area contributed by atoms with Crippen LogP contribution in [0.5, 0.6) is 17.2 Å². The van der Waals surface area contributed by atoms with E-state index < -0.39 is 17.6 Å². The number of carbonyl (C=O) groups excluding carboxylic acids is 2. The van der Waals surface area contributed by atoms with Gasteiger partial charge in [-0.1, -0.05) is 18.2 Å². The summed E-state index contributed by atoms with van der Waals surface area (Å²) in [4.78, 5) is 25.1.